The van der Waals surface area contributed by atoms with Crippen LogP contribution in [0.25, 0.3) is 10.2 Å². The van der Waals surface area contributed by atoms with E-state index in [1.165, 1.54) is 16.1 Å². The number of amides is 1. The van der Waals surface area contributed by atoms with Crippen LogP contribution in [-0.4, -0.2) is 34.4 Å². The van der Waals surface area contributed by atoms with E-state index in [-0.39, 0.29) is 5.91 Å². The zero-order valence-electron chi connectivity index (χ0n) is 14.0. The molecular weight excluding hydrogens is 318 g/mol. The fourth-order valence-corrected chi connectivity index (χ4v) is 5.24. The molecule has 1 saturated heterocycles. The van der Waals surface area contributed by atoms with E-state index in [0.29, 0.717) is 5.92 Å². The summed E-state index contributed by atoms with van der Waals surface area (Å²) in [6, 6.07) is 8.32. The van der Waals surface area contributed by atoms with Gasteiger partial charge >= 0.3 is 0 Å². The van der Waals surface area contributed by atoms with Crippen LogP contribution >= 0.6 is 11.3 Å². The number of hydrogen-bond acceptors (Lipinski definition) is 4. The molecule has 2 aliphatic rings. The molecule has 2 aromatic rings. The second kappa shape index (κ2) is 6.45. The first-order valence-corrected chi connectivity index (χ1v) is 9.91. The van der Waals surface area contributed by atoms with E-state index in [4.69, 9.17) is 10.7 Å². The highest BCUT2D eigenvalue weighted by atomic mass is 32.1. The Kier molecular flexibility index (Phi) is 4.31. The van der Waals surface area contributed by atoms with Gasteiger partial charge in [-0.3, -0.25) is 4.79 Å². The topological polar surface area (TPSA) is 59.2 Å². The standard InChI is InChI=1S/C19H25N3OS/c20-19(10-4-1-5-11-19)18(23)22-12-8-14(9-13-22)17-21-15-6-2-3-7-16(15)24-17/h2-3,6-7,14H,1,4-5,8-13,20H2. The lowest BCUT2D eigenvalue weighted by Gasteiger charge is -2.39. The molecule has 2 heterocycles. The number of rotatable bonds is 2. The molecule has 0 radical (unpaired) electrons. The van der Waals surface area contributed by atoms with E-state index < -0.39 is 5.54 Å². The summed E-state index contributed by atoms with van der Waals surface area (Å²) < 4.78 is 1.26. The van der Waals surface area contributed by atoms with E-state index in [0.717, 1.165) is 57.1 Å². The highest BCUT2D eigenvalue weighted by molar-refractivity contribution is 7.18. The molecule has 5 heteroatoms. The first kappa shape index (κ1) is 16.0. The van der Waals surface area contributed by atoms with Crippen LogP contribution in [0.1, 0.15) is 55.9 Å². The van der Waals surface area contributed by atoms with E-state index >= 15 is 0 Å². The predicted octanol–water partition coefficient (Wildman–Crippen LogP) is 3.66. The molecule has 0 spiro atoms. The molecule has 1 aromatic carbocycles. The van der Waals surface area contributed by atoms with Gasteiger partial charge in [-0.1, -0.05) is 31.4 Å². The normalized spacial score (nSPS) is 22.0. The Morgan fingerprint density at radius 3 is 2.58 bits per heavy atom. The Morgan fingerprint density at radius 1 is 1.17 bits per heavy atom. The maximum Gasteiger partial charge on any atom is 0.242 e. The number of nitrogens with zero attached hydrogens (tertiary/aromatic N) is 2. The largest absolute Gasteiger partial charge is 0.341 e. The maximum absolute atomic E-state index is 12.8. The van der Waals surface area contributed by atoms with Crippen molar-refractivity contribution < 1.29 is 4.79 Å². The number of thiazole rings is 1. The second-order valence-corrected chi connectivity index (χ2v) is 8.37. The molecule has 2 fully saturated rings. The maximum atomic E-state index is 12.8. The molecule has 1 aromatic heterocycles. The number of aromatic nitrogens is 1. The first-order valence-electron chi connectivity index (χ1n) is 9.09. The van der Waals surface area contributed by atoms with Crippen molar-refractivity contribution in [3.05, 3.63) is 29.3 Å². The Balaban J connectivity index is 1.42. The zero-order chi connectivity index (χ0) is 16.6. The molecular formula is C19H25N3OS. The summed E-state index contributed by atoms with van der Waals surface area (Å²) in [7, 11) is 0. The van der Waals surface area contributed by atoms with Crippen molar-refractivity contribution in [2.75, 3.05) is 13.1 Å². The van der Waals surface area contributed by atoms with Crippen molar-refractivity contribution in [3.8, 4) is 0 Å². The van der Waals surface area contributed by atoms with Crippen LogP contribution in [0.3, 0.4) is 0 Å². The molecule has 128 valence electrons. The van der Waals surface area contributed by atoms with Gasteiger partial charge in [-0.05, 0) is 37.8 Å². The third-order valence-corrected chi connectivity index (χ3v) is 6.81. The van der Waals surface area contributed by atoms with Crippen molar-refractivity contribution in [1.29, 1.82) is 0 Å². The minimum absolute atomic E-state index is 0.185. The van der Waals surface area contributed by atoms with Gasteiger partial charge in [-0.15, -0.1) is 11.3 Å². The van der Waals surface area contributed by atoms with Gasteiger partial charge in [0, 0.05) is 19.0 Å². The van der Waals surface area contributed by atoms with E-state index in [2.05, 4.69) is 18.2 Å². The molecule has 24 heavy (non-hydrogen) atoms. The number of nitrogens with two attached hydrogens (primary N) is 1. The molecule has 1 aliphatic carbocycles. The highest BCUT2D eigenvalue weighted by Crippen LogP contribution is 2.35. The SMILES string of the molecule is NC1(C(=O)N2CCC(c3nc4ccccc4s3)CC2)CCCCC1. The third-order valence-electron chi connectivity index (χ3n) is 5.61. The molecule has 2 N–H and O–H groups in total. The van der Waals surface area contributed by atoms with Gasteiger partial charge < -0.3 is 10.6 Å². The number of para-hydroxylation sites is 1. The molecule has 1 amide bonds. The first-order chi connectivity index (χ1) is 11.7. The number of likely N-dealkylation sites (tertiary alicyclic amines) is 1. The minimum Gasteiger partial charge on any atom is -0.341 e. The molecule has 0 bridgehead atoms. The molecule has 0 unspecified atom stereocenters. The number of hydrogen-bond donors (Lipinski definition) is 1. The lowest BCUT2D eigenvalue weighted by molar-refractivity contribution is -0.139. The highest BCUT2D eigenvalue weighted by Gasteiger charge is 2.39. The van der Waals surface area contributed by atoms with Gasteiger partial charge in [-0.25, -0.2) is 4.98 Å². The van der Waals surface area contributed by atoms with Crippen LogP contribution in [0.2, 0.25) is 0 Å². The Bertz CT molecular complexity index is 694. The number of fused-ring (bicyclic) bond motifs is 1. The van der Waals surface area contributed by atoms with Gasteiger partial charge in [-0.2, -0.15) is 0 Å². The molecule has 1 saturated carbocycles. The van der Waals surface area contributed by atoms with E-state index in [1.54, 1.807) is 11.3 Å². The molecule has 1 aliphatic heterocycles. The number of benzene rings is 1. The second-order valence-electron chi connectivity index (χ2n) is 7.30. The summed E-state index contributed by atoms with van der Waals surface area (Å²) in [6.07, 6.45) is 7.09. The summed E-state index contributed by atoms with van der Waals surface area (Å²) in [5.74, 6) is 0.663. The summed E-state index contributed by atoms with van der Waals surface area (Å²) in [4.78, 5) is 19.7. The lowest BCUT2D eigenvalue weighted by atomic mass is 9.81. The fraction of sp³-hybridized carbons (Fsp3) is 0.579. The lowest BCUT2D eigenvalue weighted by Crippen LogP contribution is -2.57. The summed E-state index contributed by atoms with van der Waals surface area (Å²) in [5, 5.41) is 1.23. The summed E-state index contributed by atoms with van der Waals surface area (Å²) in [5.41, 5.74) is 6.93. The summed E-state index contributed by atoms with van der Waals surface area (Å²) in [6.45, 7) is 1.64. The van der Waals surface area contributed by atoms with Crippen molar-refractivity contribution >= 4 is 27.5 Å². The predicted molar refractivity (Wildman–Crippen MR) is 98.2 cm³/mol. The molecule has 0 atom stereocenters. The molecule has 4 rings (SSSR count). The van der Waals surface area contributed by atoms with Crippen molar-refractivity contribution in [1.82, 2.24) is 9.88 Å². The van der Waals surface area contributed by atoms with Gasteiger partial charge in [0.1, 0.15) is 0 Å². The van der Waals surface area contributed by atoms with Crippen LogP contribution < -0.4 is 5.73 Å². The van der Waals surface area contributed by atoms with Crippen LogP contribution in [0, 0.1) is 0 Å². The monoisotopic (exact) mass is 343 g/mol. The number of carbonyl (C=O) groups excluding carboxylic acids is 1. The van der Waals surface area contributed by atoms with Gasteiger partial charge in [0.2, 0.25) is 5.91 Å². The van der Waals surface area contributed by atoms with E-state index in [1.807, 2.05) is 11.0 Å². The number of piperidine rings is 1. The van der Waals surface area contributed by atoms with E-state index in [9.17, 15) is 4.79 Å². The fourth-order valence-electron chi connectivity index (χ4n) is 4.11. The van der Waals surface area contributed by atoms with Crippen molar-refractivity contribution in [2.45, 2.75) is 56.4 Å². The Morgan fingerprint density at radius 2 is 1.88 bits per heavy atom. The summed E-state index contributed by atoms with van der Waals surface area (Å²) >= 11 is 1.80. The van der Waals surface area contributed by atoms with Crippen LogP contribution in [-0.2, 0) is 4.79 Å². The average Bonchev–Trinajstić information content (AvgIpc) is 3.06. The van der Waals surface area contributed by atoms with Gasteiger partial charge in [0.15, 0.2) is 0 Å². The molecule has 4 nitrogen and oxygen atoms in total. The zero-order valence-corrected chi connectivity index (χ0v) is 14.9. The minimum atomic E-state index is -0.596. The number of carbonyl (C=O) groups is 1. The average molecular weight is 343 g/mol. The van der Waals surface area contributed by atoms with Gasteiger partial charge in [0.25, 0.3) is 0 Å². The Labute approximate surface area is 147 Å². The van der Waals surface area contributed by atoms with Crippen LogP contribution in [0.5, 0.6) is 0 Å². The van der Waals surface area contributed by atoms with Crippen molar-refractivity contribution in [3.63, 3.8) is 0 Å². The van der Waals surface area contributed by atoms with Crippen LogP contribution in [0.15, 0.2) is 24.3 Å². The van der Waals surface area contributed by atoms with Crippen LogP contribution in [0.4, 0.5) is 0 Å². The van der Waals surface area contributed by atoms with Crippen molar-refractivity contribution in [2.24, 2.45) is 5.73 Å². The quantitative estimate of drug-likeness (QED) is 0.905. The third kappa shape index (κ3) is 2.95. The van der Waals surface area contributed by atoms with Gasteiger partial charge in [0.05, 0.1) is 20.8 Å². The Hall–Kier alpha value is -1.46. The smallest absolute Gasteiger partial charge is 0.242 e.